The van der Waals surface area contributed by atoms with Crippen LogP contribution in [0.2, 0.25) is 0 Å². The van der Waals surface area contributed by atoms with Crippen molar-refractivity contribution in [1.82, 2.24) is 15.1 Å². The molecule has 0 radical (unpaired) electrons. The van der Waals surface area contributed by atoms with Crippen LogP contribution in [0.3, 0.4) is 0 Å². The summed E-state index contributed by atoms with van der Waals surface area (Å²) in [6, 6.07) is 9.88. The number of halogens is 1. The minimum Gasteiger partial charge on any atom is -0.381 e. The zero-order valence-corrected chi connectivity index (χ0v) is 18.8. The van der Waals surface area contributed by atoms with Gasteiger partial charge < -0.3 is 15.0 Å². The fraction of sp³-hybridized carbons (Fsp3) is 0.400. The van der Waals surface area contributed by atoms with Gasteiger partial charge in [-0.1, -0.05) is 12.1 Å². The standard InChI is InChI=1S/C25H27FN4O4/c26-20-5-4-16(14-29-8-10-34-11-9-29)12-17(20)13-27-21-3-1-2-18-19(21)15-30(25(18)33)22-6-7-23(31)28-24(22)32/h1-5,12,22,27H,6-11,13-15H2,(H,28,31,32). The predicted octanol–water partition coefficient (Wildman–Crippen LogP) is 2.03. The van der Waals surface area contributed by atoms with Gasteiger partial charge >= 0.3 is 0 Å². The number of hydrogen-bond donors (Lipinski definition) is 2. The number of hydrogen-bond acceptors (Lipinski definition) is 6. The number of anilines is 1. The van der Waals surface area contributed by atoms with Crippen molar-refractivity contribution in [2.24, 2.45) is 0 Å². The highest BCUT2D eigenvalue weighted by molar-refractivity contribution is 6.06. The number of piperidine rings is 1. The molecule has 34 heavy (non-hydrogen) atoms. The van der Waals surface area contributed by atoms with Crippen molar-refractivity contribution in [1.29, 1.82) is 0 Å². The number of nitrogens with one attached hydrogen (secondary N) is 2. The second kappa shape index (κ2) is 9.52. The first-order valence-corrected chi connectivity index (χ1v) is 11.6. The average molecular weight is 467 g/mol. The summed E-state index contributed by atoms with van der Waals surface area (Å²) < 4.78 is 20.0. The lowest BCUT2D eigenvalue weighted by Crippen LogP contribution is -2.52. The third-order valence-corrected chi connectivity index (χ3v) is 6.67. The van der Waals surface area contributed by atoms with Crippen LogP contribution in [0.15, 0.2) is 36.4 Å². The minimum absolute atomic E-state index is 0.210. The van der Waals surface area contributed by atoms with Gasteiger partial charge in [0.1, 0.15) is 11.9 Å². The molecule has 3 aliphatic heterocycles. The second-order valence-electron chi connectivity index (χ2n) is 8.90. The van der Waals surface area contributed by atoms with Gasteiger partial charge in [-0.25, -0.2) is 4.39 Å². The van der Waals surface area contributed by atoms with E-state index in [0.29, 0.717) is 30.8 Å². The Morgan fingerprint density at radius 1 is 1.12 bits per heavy atom. The fourth-order valence-corrected chi connectivity index (χ4v) is 4.82. The van der Waals surface area contributed by atoms with Gasteiger partial charge in [0, 0.05) is 61.5 Å². The van der Waals surface area contributed by atoms with Gasteiger partial charge in [0.15, 0.2) is 0 Å². The summed E-state index contributed by atoms with van der Waals surface area (Å²) in [5.74, 6) is -1.27. The zero-order chi connectivity index (χ0) is 23.7. The Morgan fingerprint density at radius 3 is 2.74 bits per heavy atom. The van der Waals surface area contributed by atoms with Gasteiger partial charge in [0.2, 0.25) is 11.8 Å². The van der Waals surface area contributed by atoms with E-state index in [1.165, 1.54) is 11.0 Å². The number of morpholine rings is 1. The van der Waals surface area contributed by atoms with E-state index in [4.69, 9.17) is 4.74 Å². The van der Waals surface area contributed by atoms with Crippen LogP contribution in [0, 0.1) is 5.82 Å². The Bertz CT molecular complexity index is 1130. The lowest BCUT2D eigenvalue weighted by molar-refractivity contribution is -0.136. The minimum atomic E-state index is -0.667. The van der Waals surface area contributed by atoms with Gasteiger partial charge in [0.25, 0.3) is 5.91 Å². The molecule has 3 heterocycles. The number of benzene rings is 2. The lowest BCUT2D eigenvalue weighted by Gasteiger charge is -2.29. The molecule has 2 aromatic carbocycles. The Kier molecular flexibility index (Phi) is 6.30. The molecule has 1 atom stereocenters. The maximum Gasteiger partial charge on any atom is 0.255 e. The van der Waals surface area contributed by atoms with Gasteiger partial charge in [0.05, 0.1) is 13.2 Å². The number of rotatable bonds is 6. The monoisotopic (exact) mass is 466 g/mol. The van der Waals surface area contributed by atoms with Crippen LogP contribution in [0.1, 0.15) is 39.9 Å². The first-order chi connectivity index (χ1) is 16.5. The molecular weight excluding hydrogens is 439 g/mol. The number of imide groups is 1. The van der Waals surface area contributed by atoms with Gasteiger partial charge in [-0.15, -0.1) is 0 Å². The molecule has 0 spiro atoms. The predicted molar refractivity (Wildman–Crippen MR) is 122 cm³/mol. The van der Waals surface area contributed by atoms with Crippen LogP contribution >= 0.6 is 0 Å². The summed E-state index contributed by atoms with van der Waals surface area (Å²) in [6.45, 7) is 4.42. The molecule has 3 aliphatic rings. The number of fused-ring (bicyclic) bond motifs is 1. The highest BCUT2D eigenvalue weighted by atomic mass is 19.1. The van der Waals surface area contributed by atoms with E-state index in [0.717, 1.165) is 36.4 Å². The van der Waals surface area contributed by atoms with E-state index < -0.39 is 11.9 Å². The Labute approximate surface area is 197 Å². The van der Waals surface area contributed by atoms with Crippen LogP contribution in [0.4, 0.5) is 10.1 Å². The summed E-state index contributed by atoms with van der Waals surface area (Å²) in [4.78, 5) is 40.6. The smallest absolute Gasteiger partial charge is 0.255 e. The fourth-order valence-electron chi connectivity index (χ4n) is 4.82. The van der Waals surface area contributed by atoms with Gasteiger partial charge in [-0.2, -0.15) is 0 Å². The highest BCUT2D eigenvalue weighted by Gasteiger charge is 2.39. The molecule has 2 fully saturated rings. The molecule has 0 aliphatic carbocycles. The third-order valence-electron chi connectivity index (χ3n) is 6.67. The number of nitrogens with zero attached hydrogens (tertiary/aromatic N) is 2. The van der Waals surface area contributed by atoms with E-state index >= 15 is 0 Å². The van der Waals surface area contributed by atoms with Crippen molar-refractivity contribution in [3.63, 3.8) is 0 Å². The quantitative estimate of drug-likeness (QED) is 0.634. The Morgan fingerprint density at radius 2 is 1.94 bits per heavy atom. The second-order valence-corrected chi connectivity index (χ2v) is 8.90. The van der Waals surface area contributed by atoms with Crippen LogP contribution in [0.5, 0.6) is 0 Å². The molecule has 178 valence electrons. The van der Waals surface area contributed by atoms with E-state index in [9.17, 15) is 18.8 Å². The van der Waals surface area contributed by atoms with E-state index in [-0.39, 0.29) is 37.1 Å². The van der Waals surface area contributed by atoms with E-state index in [1.54, 1.807) is 12.1 Å². The molecular formula is C25H27FN4O4. The van der Waals surface area contributed by atoms with E-state index in [1.807, 2.05) is 18.2 Å². The summed E-state index contributed by atoms with van der Waals surface area (Å²) >= 11 is 0. The summed E-state index contributed by atoms with van der Waals surface area (Å²) in [6.07, 6.45) is 0.524. The van der Waals surface area contributed by atoms with Crippen molar-refractivity contribution in [3.05, 3.63) is 64.5 Å². The van der Waals surface area contributed by atoms with Crippen molar-refractivity contribution in [3.8, 4) is 0 Å². The Balaban J connectivity index is 1.29. The largest absolute Gasteiger partial charge is 0.381 e. The number of carbonyl (C=O) groups is 3. The van der Waals surface area contributed by atoms with Crippen molar-refractivity contribution in [2.75, 3.05) is 31.6 Å². The van der Waals surface area contributed by atoms with Gasteiger partial charge in [-0.05, 0) is 36.2 Å². The molecule has 5 rings (SSSR count). The zero-order valence-electron chi connectivity index (χ0n) is 18.8. The number of carbonyl (C=O) groups excluding carboxylic acids is 3. The average Bonchev–Trinajstić information content (AvgIpc) is 3.17. The molecule has 0 saturated carbocycles. The lowest BCUT2D eigenvalue weighted by atomic mass is 10.0. The number of amides is 3. The summed E-state index contributed by atoms with van der Waals surface area (Å²) in [5, 5.41) is 5.60. The maximum atomic E-state index is 14.6. The maximum absolute atomic E-state index is 14.6. The third kappa shape index (κ3) is 4.53. The SMILES string of the molecule is O=C1CCC(N2Cc3c(NCc4cc(CN5CCOCC5)ccc4F)cccc3C2=O)C(=O)N1. The van der Waals surface area contributed by atoms with Crippen LogP contribution in [-0.4, -0.2) is 59.9 Å². The molecule has 9 heteroatoms. The van der Waals surface area contributed by atoms with Crippen LogP contribution in [0.25, 0.3) is 0 Å². The molecule has 3 amide bonds. The van der Waals surface area contributed by atoms with Crippen molar-refractivity contribution in [2.45, 2.75) is 38.5 Å². The first-order valence-electron chi connectivity index (χ1n) is 11.6. The number of ether oxygens (including phenoxy) is 1. The molecule has 2 aromatic rings. The topological polar surface area (TPSA) is 91.0 Å². The molecule has 8 nitrogen and oxygen atoms in total. The normalized spacial score (nSPS) is 20.9. The molecule has 0 bridgehead atoms. The van der Waals surface area contributed by atoms with E-state index in [2.05, 4.69) is 15.5 Å². The van der Waals surface area contributed by atoms with Crippen LogP contribution in [-0.2, 0) is 34.0 Å². The first kappa shape index (κ1) is 22.5. The summed E-state index contributed by atoms with van der Waals surface area (Å²) in [5.41, 5.74) is 3.63. The molecule has 0 aromatic heterocycles. The molecule has 2 N–H and O–H groups in total. The van der Waals surface area contributed by atoms with Gasteiger partial charge in [-0.3, -0.25) is 24.6 Å². The molecule has 2 saturated heterocycles. The molecule has 1 unspecified atom stereocenters. The van der Waals surface area contributed by atoms with Crippen molar-refractivity contribution < 1.29 is 23.5 Å². The van der Waals surface area contributed by atoms with Crippen LogP contribution < -0.4 is 10.6 Å². The summed E-state index contributed by atoms with van der Waals surface area (Å²) in [7, 11) is 0. The Hall–Kier alpha value is -3.30. The highest BCUT2D eigenvalue weighted by Crippen LogP contribution is 2.32. The van der Waals surface area contributed by atoms with Crippen molar-refractivity contribution >= 4 is 23.4 Å².